The molecule has 2 aliphatic rings. The molecular formula is C19H22F3N3O2. The summed E-state index contributed by atoms with van der Waals surface area (Å²) >= 11 is 0. The standard InChI is InChI=1S/C19H22F3N3O2/c1-17(2)9-18(8-14(24)15(17)26)5-6-25(10-18)16(27)12-4-3-11(23)7-13(12)19(20,21)22/h3-4,7-8H,5-6,9-10,23-24H2,1-2H3/t18-/m1/s1. The molecule has 1 amide bonds. The van der Waals surface area contributed by atoms with Gasteiger partial charge >= 0.3 is 6.18 Å². The van der Waals surface area contributed by atoms with Crippen molar-refractivity contribution in [1.29, 1.82) is 0 Å². The van der Waals surface area contributed by atoms with Gasteiger partial charge in [-0.25, -0.2) is 0 Å². The predicted octanol–water partition coefficient (Wildman–Crippen LogP) is 2.96. The Balaban J connectivity index is 1.91. The van der Waals surface area contributed by atoms with Crippen LogP contribution in [0, 0.1) is 10.8 Å². The molecule has 1 spiro atoms. The van der Waals surface area contributed by atoms with Crippen LogP contribution in [0.4, 0.5) is 18.9 Å². The Morgan fingerprint density at radius 2 is 1.89 bits per heavy atom. The van der Waals surface area contributed by atoms with Gasteiger partial charge in [0.2, 0.25) is 0 Å². The first-order valence-electron chi connectivity index (χ1n) is 8.64. The summed E-state index contributed by atoms with van der Waals surface area (Å²) in [6, 6.07) is 3.18. The van der Waals surface area contributed by atoms with Gasteiger partial charge in [-0.2, -0.15) is 13.2 Å². The molecule has 1 aliphatic heterocycles. The summed E-state index contributed by atoms with van der Waals surface area (Å²) in [5.41, 5.74) is 8.83. The molecule has 1 saturated heterocycles. The summed E-state index contributed by atoms with van der Waals surface area (Å²) in [4.78, 5) is 26.4. The summed E-state index contributed by atoms with van der Waals surface area (Å²) in [5.74, 6) is -0.836. The van der Waals surface area contributed by atoms with Crippen LogP contribution in [0.3, 0.4) is 0 Å². The number of anilines is 1. The number of alkyl halides is 3. The minimum absolute atomic E-state index is 0.0555. The van der Waals surface area contributed by atoms with Crippen LogP contribution < -0.4 is 11.5 Å². The molecule has 0 saturated carbocycles. The molecule has 1 aromatic carbocycles. The highest BCUT2D eigenvalue weighted by atomic mass is 19.4. The van der Waals surface area contributed by atoms with Gasteiger partial charge in [-0.15, -0.1) is 0 Å². The number of hydrogen-bond donors (Lipinski definition) is 2. The fourth-order valence-electron chi connectivity index (χ4n) is 4.28. The fourth-order valence-corrected chi connectivity index (χ4v) is 4.28. The van der Waals surface area contributed by atoms with Crippen molar-refractivity contribution in [1.82, 2.24) is 4.90 Å². The number of rotatable bonds is 1. The normalized spacial score (nSPS) is 25.0. The first kappa shape index (κ1) is 19.3. The van der Waals surface area contributed by atoms with Crippen LogP contribution in [0.25, 0.3) is 0 Å². The van der Waals surface area contributed by atoms with Crippen LogP contribution in [0.1, 0.15) is 42.6 Å². The number of nitrogens with two attached hydrogens (primary N) is 2. The molecular weight excluding hydrogens is 359 g/mol. The van der Waals surface area contributed by atoms with Gasteiger partial charge in [0.1, 0.15) is 0 Å². The quantitative estimate of drug-likeness (QED) is 0.732. The smallest absolute Gasteiger partial charge is 0.399 e. The second-order valence-corrected chi connectivity index (χ2v) is 8.13. The van der Waals surface area contributed by atoms with Gasteiger partial charge in [-0.05, 0) is 37.1 Å². The van der Waals surface area contributed by atoms with Crippen molar-refractivity contribution in [3.05, 3.63) is 41.1 Å². The van der Waals surface area contributed by atoms with E-state index in [0.717, 1.165) is 12.1 Å². The number of carbonyl (C=O) groups is 2. The molecule has 0 radical (unpaired) electrons. The van der Waals surface area contributed by atoms with Gasteiger partial charge in [0, 0.05) is 29.6 Å². The summed E-state index contributed by atoms with van der Waals surface area (Å²) < 4.78 is 40.0. The first-order valence-corrected chi connectivity index (χ1v) is 8.64. The van der Waals surface area contributed by atoms with E-state index < -0.39 is 34.0 Å². The predicted molar refractivity (Wildman–Crippen MR) is 94.5 cm³/mol. The highest BCUT2D eigenvalue weighted by Crippen LogP contribution is 2.47. The van der Waals surface area contributed by atoms with Crippen LogP contribution >= 0.6 is 0 Å². The van der Waals surface area contributed by atoms with Crippen molar-refractivity contribution in [3.63, 3.8) is 0 Å². The maximum atomic E-state index is 13.3. The highest BCUT2D eigenvalue weighted by molar-refractivity contribution is 6.00. The van der Waals surface area contributed by atoms with E-state index >= 15 is 0 Å². The molecule has 0 bridgehead atoms. The number of benzene rings is 1. The summed E-state index contributed by atoms with van der Waals surface area (Å²) in [6.45, 7) is 4.12. The second kappa shape index (κ2) is 6.00. The Morgan fingerprint density at radius 3 is 2.48 bits per heavy atom. The first-order chi connectivity index (χ1) is 12.3. The minimum atomic E-state index is -4.68. The molecule has 1 fully saturated rings. The van der Waals surface area contributed by atoms with E-state index in [2.05, 4.69) is 0 Å². The number of amides is 1. The zero-order valence-electron chi connectivity index (χ0n) is 15.2. The van der Waals surface area contributed by atoms with Crippen LogP contribution in [0.2, 0.25) is 0 Å². The lowest BCUT2D eigenvalue weighted by Gasteiger charge is -2.39. The van der Waals surface area contributed by atoms with Gasteiger partial charge in [0.25, 0.3) is 5.91 Å². The Hall–Kier alpha value is -2.51. The van der Waals surface area contributed by atoms with E-state index in [4.69, 9.17) is 11.5 Å². The lowest BCUT2D eigenvalue weighted by atomic mass is 9.65. The Morgan fingerprint density at radius 1 is 1.22 bits per heavy atom. The van der Waals surface area contributed by atoms with Crippen LogP contribution in [0.5, 0.6) is 0 Å². The zero-order valence-corrected chi connectivity index (χ0v) is 15.2. The molecule has 0 aromatic heterocycles. The van der Waals surface area contributed by atoms with Gasteiger partial charge in [-0.1, -0.05) is 13.8 Å². The summed E-state index contributed by atoms with van der Waals surface area (Å²) in [7, 11) is 0. The van der Waals surface area contributed by atoms with E-state index in [1.165, 1.54) is 11.0 Å². The topological polar surface area (TPSA) is 89.4 Å². The summed E-state index contributed by atoms with van der Waals surface area (Å²) in [5, 5.41) is 0. The number of allylic oxidation sites excluding steroid dienone is 1. The SMILES string of the molecule is CC1(C)C[C@]2(C=C(N)C1=O)CCN(C(=O)c1ccc(N)cc1C(F)(F)F)C2. The molecule has 5 nitrogen and oxygen atoms in total. The number of ketones is 1. The van der Waals surface area contributed by atoms with Crippen LogP contribution in [0.15, 0.2) is 30.0 Å². The van der Waals surface area contributed by atoms with Crippen molar-refractivity contribution in [2.24, 2.45) is 16.6 Å². The zero-order chi connectivity index (χ0) is 20.2. The Labute approximate surface area is 155 Å². The monoisotopic (exact) mass is 381 g/mol. The van der Waals surface area contributed by atoms with Gasteiger partial charge in [-0.3, -0.25) is 9.59 Å². The van der Waals surface area contributed by atoms with E-state index in [0.29, 0.717) is 19.4 Å². The van der Waals surface area contributed by atoms with Crippen molar-refractivity contribution in [2.45, 2.75) is 32.9 Å². The maximum Gasteiger partial charge on any atom is 0.417 e. The number of halogens is 3. The van der Waals surface area contributed by atoms with E-state index in [9.17, 15) is 22.8 Å². The number of nitrogens with zero attached hydrogens (tertiary/aromatic N) is 1. The second-order valence-electron chi connectivity index (χ2n) is 8.13. The van der Waals surface area contributed by atoms with Crippen LogP contribution in [-0.4, -0.2) is 29.7 Å². The average molecular weight is 381 g/mol. The molecule has 146 valence electrons. The minimum Gasteiger partial charge on any atom is -0.399 e. The fraction of sp³-hybridized carbons (Fsp3) is 0.474. The molecule has 3 rings (SSSR count). The summed E-state index contributed by atoms with van der Waals surface area (Å²) in [6.07, 6.45) is -1.95. The van der Waals surface area contributed by atoms with E-state index in [1.807, 2.05) is 0 Å². The lowest BCUT2D eigenvalue weighted by Crippen LogP contribution is -2.42. The molecule has 1 atom stereocenters. The highest BCUT2D eigenvalue weighted by Gasteiger charge is 2.49. The lowest BCUT2D eigenvalue weighted by molar-refractivity contribution is -0.138. The van der Waals surface area contributed by atoms with Gasteiger partial charge < -0.3 is 16.4 Å². The third-order valence-corrected chi connectivity index (χ3v) is 5.38. The maximum absolute atomic E-state index is 13.3. The molecule has 27 heavy (non-hydrogen) atoms. The van der Waals surface area contributed by atoms with Crippen molar-refractivity contribution < 1.29 is 22.8 Å². The van der Waals surface area contributed by atoms with Gasteiger partial charge in [0.15, 0.2) is 5.78 Å². The van der Waals surface area contributed by atoms with E-state index in [-0.39, 0.29) is 23.7 Å². The molecule has 1 heterocycles. The molecule has 1 aromatic rings. The molecule has 4 N–H and O–H groups in total. The number of hydrogen-bond acceptors (Lipinski definition) is 4. The number of carbonyl (C=O) groups excluding carboxylic acids is 2. The molecule has 8 heteroatoms. The Kier molecular flexibility index (Phi) is 4.28. The van der Waals surface area contributed by atoms with Gasteiger partial charge in [0.05, 0.1) is 16.8 Å². The van der Waals surface area contributed by atoms with Crippen molar-refractivity contribution in [2.75, 3.05) is 18.8 Å². The number of nitrogen functional groups attached to an aromatic ring is 1. The third-order valence-electron chi connectivity index (χ3n) is 5.38. The average Bonchev–Trinajstić information content (AvgIpc) is 2.94. The largest absolute Gasteiger partial charge is 0.417 e. The van der Waals surface area contributed by atoms with E-state index in [1.54, 1.807) is 19.9 Å². The number of likely N-dealkylation sites (tertiary alicyclic amines) is 1. The molecule has 1 aliphatic carbocycles. The van der Waals surface area contributed by atoms with Crippen molar-refractivity contribution >= 4 is 17.4 Å². The Bertz CT molecular complexity index is 845. The molecule has 0 unspecified atom stereocenters. The number of Topliss-reactive ketones (excluding diaryl/α,β-unsaturated/α-hetero) is 1. The van der Waals surface area contributed by atoms with Crippen molar-refractivity contribution in [3.8, 4) is 0 Å². The van der Waals surface area contributed by atoms with Crippen LogP contribution in [-0.2, 0) is 11.0 Å². The third kappa shape index (κ3) is 3.40.